The Morgan fingerprint density at radius 3 is 2.42 bits per heavy atom. The number of amides is 2. The number of hydrogen-bond donors (Lipinski definition) is 2. The van der Waals surface area contributed by atoms with E-state index in [1.807, 2.05) is 73.7 Å². The van der Waals surface area contributed by atoms with Crippen LogP contribution in [0.4, 0.5) is 10.8 Å². The van der Waals surface area contributed by atoms with E-state index in [1.165, 1.54) is 30.0 Å². The van der Waals surface area contributed by atoms with Gasteiger partial charge in [0.25, 0.3) is 0 Å². The molecule has 1 aromatic heterocycles. The Morgan fingerprint density at radius 2 is 1.71 bits per heavy atom. The Hall–Kier alpha value is -3.16. The molecule has 5 nitrogen and oxygen atoms in total. The van der Waals surface area contributed by atoms with Crippen molar-refractivity contribution in [2.75, 3.05) is 10.6 Å². The summed E-state index contributed by atoms with van der Waals surface area (Å²) in [5.41, 5.74) is 3.67. The highest BCUT2D eigenvalue weighted by molar-refractivity contribution is 8.00. The lowest BCUT2D eigenvalue weighted by atomic mass is 10.1. The Bertz CT molecular complexity index is 1220. The van der Waals surface area contributed by atoms with E-state index >= 15 is 0 Å². The predicted molar refractivity (Wildman–Crippen MR) is 129 cm³/mol. The number of carbonyl (C=O) groups is 2. The van der Waals surface area contributed by atoms with Crippen LogP contribution in [0.5, 0.6) is 0 Å². The Kier molecular flexibility index (Phi) is 6.34. The summed E-state index contributed by atoms with van der Waals surface area (Å²) in [5.74, 6) is -0.245. The lowest BCUT2D eigenvalue weighted by Gasteiger charge is -2.16. The van der Waals surface area contributed by atoms with Gasteiger partial charge in [-0.05, 0) is 54.4 Å². The molecule has 4 rings (SSSR count). The standard InChI is InChI=1S/C24H21N3O2S2/c1-15-8-13-20-21(14-15)31-24(26-20)27-23(29)22(17-6-4-3-5-7-17)30-19-11-9-18(10-12-19)25-16(2)28/h3-14,22H,1-2H3,(H,25,28)(H,26,27,29). The maximum absolute atomic E-state index is 13.3. The first-order chi connectivity index (χ1) is 15.0. The number of fused-ring (bicyclic) bond motifs is 1. The number of nitrogens with zero attached hydrogens (tertiary/aromatic N) is 1. The van der Waals surface area contributed by atoms with Crippen molar-refractivity contribution in [1.82, 2.24) is 4.98 Å². The number of rotatable bonds is 6. The third-order valence-corrected chi connectivity index (χ3v) is 6.74. The molecule has 0 fully saturated rings. The first kappa shape index (κ1) is 21.1. The van der Waals surface area contributed by atoms with Crippen molar-refractivity contribution in [3.05, 3.63) is 83.9 Å². The van der Waals surface area contributed by atoms with Crippen LogP contribution in [0.2, 0.25) is 0 Å². The van der Waals surface area contributed by atoms with Crippen LogP contribution in [0.1, 0.15) is 23.3 Å². The van der Waals surface area contributed by atoms with Gasteiger partial charge >= 0.3 is 0 Å². The SMILES string of the molecule is CC(=O)Nc1ccc(SC(C(=O)Nc2nc3ccc(C)cc3s2)c2ccccc2)cc1. The number of thioether (sulfide) groups is 1. The number of nitrogens with one attached hydrogen (secondary N) is 2. The molecule has 7 heteroatoms. The van der Waals surface area contributed by atoms with Crippen LogP contribution >= 0.6 is 23.1 Å². The average Bonchev–Trinajstić information content (AvgIpc) is 3.14. The minimum atomic E-state index is -0.443. The number of hydrogen-bond acceptors (Lipinski definition) is 5. The van der Waals surface area contributed by atoms with E-state index in [-0.39, 0.29) is 11.8 Å². The summed E-state index contributed by atoms with van der Waals surface area (Å²) in [6.45, 7) is 3.51. The molecule has 0 bridgehead atoms. The Balaban J connectivity index is 1.57. The van der Waals surface area contributed by atoms with Gasteiger partial charge in [-0.1, -0.05) is 47.7 Å². The highest BCUT2D eigenvalue weighted by Gasteiger charge is 2.23. The molecule has 1 atom stereocenters. The minimum absolute atomic E-state index is 0.118. The summed E-state index contributed by atoms with van der Waals surface area (Å²) in [4.78, 5) is 30.0. The van der Waals surface area contributed by atoms with Gasteiger partial charge < -0.3 is 10.6 Å². The quantitative estimate of drug-likeness (QED) is 0.354. The highest BCUT2D eigenvalue weighted by atomic mass is 32.2. The smallest absolute Gasteiger partial charge is 0.244 e. The molecule has 0 aliphatic carbocycles. The van der Waals surface area contributed by atoms with Crippen LogP contribution in [0.3, 0.4) is 0 Å². The molecule has 0 aliphatic heterocycles. The van der Waals surface area contributed by atoms with Gasteiger partial charge in [0.2, 0.25) is 11.8 Å². The minimum Gasteiger partial charge on any atom is -0.326 e. The molecule has 0 aliphatic rings. The zero-order valence-corrected chi connectivity index (χ0v) is 18.7. The zero-order valence-electron chi connectivity index (χ0n) is 17.1. The first-order valence-electron chi connectivity index (χ1n) is 9.75. The molecule has 1 unspecified atom stereocenters. The molecule has 31 heavy (non-hydrogen) atoms. The molecule has 0 saturated carbocycles. The predicted octanol–water partition coefficient (Wildman–Crippen LogP) is 6.04. The number of benzene rings is 3. The van der Waals surface area contributed by atoms with Gasteiger partial charge in [-0.25, -0.2) is 4.98 Å². The summed E-state index contributed by atoms with van der Waals surface area (Å²) in [7, 11) is 0. The van der Waals surface area contributed by atoms with E-state index in [9.17, 15) is 9.59 Å². The second kappa shape index (κ2) is 9.32. The second-order valence-corrected chi connectivity index (χ2v) is 9.30. The molecule has 156 valence electrons. The summed E-state index contributed by atoms with van der Waals surface area (Å²) in [5, 5.41) is 5.90. The van der Waals surface area contributed by atoms with Gasteiger partial charge in [-0.15, -0.1) is 11.8 Å². The van der Waals surface area contributed by atoms with E-state index in [0.717, 1.165) is 31.9 Å². The maximum Gasteiger partial charge on any atom is 0.244 e. The number of aryl methyl sites for hydroxylation is 1. The van der Waals surface area contributed by atoms with Crippen molar-refractivity contribution in [3.63, 3.8) is 0 Å². The number of aromatic nitrogens is 1. The van der Waals surface area contributed by atoms with Crippen LogP contribution in [0.15, 0.2) is 77.7 Å². The Labute approximate surface area is 188 Å². The number of anilines is 2. The summed E-state index contributed by atoms with van der Waals surface area (Å²) < 4.78 is 1.05. The van der Waals surface area contributed by atoms with Crippen molar-refractivity contribution < 1.29 is 9.59 Å². The molecule has 2 amide bonds. The largest absolute Gasteiger partial charge is 0.326 e. The van der Waals surface area contributed by atoms with Crippen molar-refractivity contribution in [1.29, 1.82) is 0 Å². The van der Waals surface area contributed by atoms with Crippen molar-refractivity contribution in [3.8, 4) is 0 Å². The molecular weight excluding hydrogens is 426 g/mol. The van der Waals surface area contributed by atoms with Crippen molar-refractivity contribution >= 4 is 55.9 Å². The number of carbonyl (C=O) groups excluding carboxylic acids is 2. The fourth-order valence-electron chi connectivity index (χ4n) is 3.11. The molecule has 3 aromatic carbocycles. The topological polar surface area (TPSA) is 71.1 Å². The van der Waals surface area contributed by atoms with Crippen LogP contribution in [-0.4, -0.2) is 16.8 Å². The van der Waals surface area contributed by atoms with Crippen LogP contribution < -0.4 is 10.6 Å². The van der Waals surface area contributed by atoms with Gasteiger partial charge in [0, 0.05) is 17.5 Å². The zero-order chi connectivity index (χ0) is 21.8. The lowest BCUT2D eigenvalue weighted by molar-refractivity contribution is -0.116. The van der Waals surface area contributed by atoms with Crippen LogP contribution in [0, 0.1) is 6.92 Å². The third-order valence-electron chi connectivity index (χ3n) is 4.54. The molecule has 0 radical (unpaired) electrons. The van der Waals surface area contributed by atoms with Crippen LogP contribution in [0.25, 0.3) is 10.2 Å². The summed E-state index contributed by atoms with van der Waals surface area (Å²) in [6.07, 6.45) is 0. The van der Waals surface area contributed by atoms with Gasteiger partial charge in [-0.2, -0.15) is 0 Å². The third kappa shape index (κ3) is 5.31. The van der Waals surface area contributed by atoms with E-state index in [0.29, 0.717) is 5.13 Å². The van der Waals surface area contributed by atoms with E-state index in [2.05, 4.69) is 21.7 Å². The monoisotopic (exact) mass is 447 g/mol. The van der Waals surface area contributed by atoms with Gasteiger partial charge in [0.05, 0.1) is 10.2 Å². The highest BCUT2D eigenvalue weighted by Crippen LogP contribution is 2.37. The van der Waals surface area contributed by atoms with E-state index in [4.69, 9.17) is 0 Å². The fourth-order valence-corrected chi connectivity index (χ4v) is 5.10. The van der Waals surface area contributed by atoms with Gasteiger partial charge in [0.1, 0.15) is 5.25 Å². The maximum atomic E-state index is 13.3. The molecule has 1 heterocycles. The molecule has 0 saturated heterocycles. The Morgan fingerprint density at radius 1 is 0.968 bits per heavy atom. The van der Waals surface area contributed by atoms with Crippen molar-refractivity contribution in [2.24, 2.45) is 0 Å². The van der Waals surface area contributed by atoms with Crippen molar-refractivity contribution in [2.45, 2.75) is 24.0 Å². The molecular formula is C24H21N3O2S2. The van der Waals surface area contributed by atoms with Gasteiger partial charge in [-0.3, -0.25) is 9.59 Å². The van der Waals surface area contributed by atoms with E-state index in [1.54, 1.807) is 0 Å². The summed E-state index contributed by atoms with van der Waals surface area (Å²) >= 11 is 2.93. The normalized spacial score (nSPS) is 11.8. The first-order valence-corrected chi connectivity index (χ1v) is 11.4. The molecule has 4 aromatic rings. The van der Waals surface area contributed by atoms with Crippen LogP contribution in [-0.2, 0) is 9.59 Å². The molecule has 2 N–H and O–H groups in total. The fraction of sp³-hybridized carbons (Fsp3) is 0.125. The molecule has 0 spiro atoms. The second-order valence-electron chi connectivity index (χ2n) is 7.09. The van der Waals surface area contributed by atoms with Gasteiger partial charge in [0.15, 0.2) is 5.13 Å². The summed E-state index contributed by atoms with van der Waals surface area (Å²) in [6, 6.07) is 23.2. The lowest BCUT2D eigenvalue weighted by Crippen LogP contribution is -2.18. The average molecular weight is 448 g/mol. The van der Waals surface area contributed by atoms with E-state index < -0.39 is 5.25 Å². The number of thiazole rings is 1.